The molecule has 1 saturated heterocycles. The number of carbonyl (C=O) groups excluding carboxylic acids is 2. The van der Waals surface area contributed by atoms with Crippen molar-refractivity contribution in [2.45, 2.75) is 65.6 Å². The minimum absolute atomic E-state index is 0.293. The number of alkyl halides is 3. The third kappa shape index (κ3) is 5.98. The standard InChI is InChI=1S/C27H24ClF4N3O6S/c28-20-11-18(40-15-27(30,31)32)5-6-21(20)42(38,39)19-12-22(41-24(37)34-25(14-33)7-8-25)35(13-19)23(36)26(9-10-26)16-1-3-17(29)4-2-16/h1-6,11,19,22H,7-10,12-13,15H2,(H,34,37)/t19-,22+/m1/s1. The van der Waals surface area contributed by atoms with E-state index in [1.54, 1.807) is 0 Å². The number of nitrogens with zero attached hydrogens (tertiary/aromatic N) is 2. The van der Waals surface area contributed by atoms with Gasteiger partial charge in [0.05, 0.1) is 26.7 Å². The Bertz CT molecular complexity index is 1550. The van der Waals surface area contributed by atoms with Crippen LogP contribution in [0, 0.1) is 17.1 Å². The zero-order valence-corrected chi connectivity index (χ0v) is 23.4. The van der Waals surface area contributed by atoms with E-state index in [4.69, 9.17) is 16.3 Å². The number of sulfone groups is 1. The summed E-state index contributed by atoms with van der Waals surface area (Å²) in [7, 11) is -4.30. The first kappa shape index (κ1) is 29.9. The number of hydrogen-bond acceptors (Lipinski definition) is 7. The van der Waals surface area contributed by atoms with Crippen molar-refractivity contribution in [1.82, 2.24) is 10.2 Å². The highest BCUT2D eigenvalue weighted by molar-refractivity contribution is 7.92. The summed E-state index contributed by atoms with van der Waals surface area (Å²) in [5, 5.41) is 10.1. The smallest absolute Gasteiger partial charge is 0.422 e. The summed E-state index contributed by atoms with van der Waals surface area (Å²) in [4.78, 5) is 27.3. The van der Waals surface area contributed by atoms with Crippen LogP contribution in [0.4, 0.5) is 22.4 Å². The topological polar surface area (TPSA) is 126 Å². The van der Waals surface area contributed by atoms with Crippen LogP contribution in [0.25, 0.3) is 0 Å². The molecule has 1 heterocycles. The molecule has 2 amide bonds. The maximum atomic E-state index is 13.9. The second-order valence-corrected chi connectivity index (χ2v) is 13.2. The molecule has 224 valence electrons. The van der Waals surface area contributed by atoms with Crippen molar-refractivity contribution in [3.05, 3.63) is 58.9 Å². The van der Waals surface area contributed by atoms with Crippen molar-refractivity contribution in [2.24, 2.45) is 0 Å². The van der Waals surface area contributed by atoms with E-state index >= 15 is 0 Å². The van der Waals surface area contributed by atoms with Crippen LogP contribution in [-0.4, -0.2) is 61.7 Å². The van der Waals surface area contributed by atoms with Gasteiger partial charge < -0.3 is 19.7 Å². The molecule has 1 aliphatic heterocycles. The molecule has 0 radical (unpaired) electrons. The van der Waals surface area contributed by atoms with Crippen molar-refractivity contribution in [3.8, 4) is 11.8 Å². The molecule has 3 fully saturated rings. The fraction of sp³-hybridized carbons (Fsp3) is 0.444. The number of halogens is 5. The van der Waals surface area contributed by atoms with Gasteiger partial charge in [0.15, 0.2) is 22.7 Å². The molecule has 5 rings (SSSR count). The third-order valence-electron chi connectivity index (χ3n) is 7.63. The van der Waals surface area contributed by atoms with Crippen molar-refractivity contribution < 1.29 is 45.0 Å². The van der Waals surface area contributed by atoms with Crippen LogP contribution in [0.5, 0.6) is 5.75 Å². The Kier molecular flexibility index (Phi) is 7.55. The quantitative estimate of drug-likeness (QED) is 0.422. The number of amides is 2. The van der Waals surface area contributed by atoms with Gasteiger partial charge in [-0.25, -0.2) is 17.6 Å². The molecular formula is C27H24ClF4N3O6S. The lowest BCUT2D eigenvalue weighted by molar-refractivity contribution is -0.153. The summed E-state index contributed by atoms with van der Waals surface area (Å²) in [6.07, 6.45) is -5.61. The molecule has 2 aromatic rings. The molecule has 0 spiro atoms. The van der Waals surface area contributed by atoms with Gasteiger partial charge in [-0.05, 0) is 55.5 Å². The highest BCUT2D eigenvalue weighted by atomic mass is 35.5. The molecule has 2 aromatic carbocycles. The second kappa shape index (κ2) is 10.6. The normalized spacial score (nSPS) is 22.1. The Morgan fingerprint density at radius 2 is 1.79 bits per heavy atom. The Labute approximate surface area is 243 Å². The molecule has 2 atom stereocenters. The van der Waals surface area contributed by atoms with Gasteiger partial charge in [-0.2, -0.15) is 18.4 Å². The number of nitrogens with one attached hydrogen (secondary N) is 1. The third-order valence-corrected chi connectivity index (χ3v) is 10.2. The van der Waals surface area contributed by atoms with Crippen LogP contribution in [-0.2, 0) is 24.8 Å². The first-order valence-corrected chi connectivity index (χ1v) is 14.8. The van der Waals surface area contributed by atoms with Gasteiger partial charge >= 0.3 is 12.3 Å². The summed E-state index contributed by atoms with van der Waals surface area (Å²) in [5.41, 5.74) is -1.60. The average Bonchev–Trinajstić information content (AvgIpc) is 3.84. The molecule has 2 saturated carbocycles. The molecule has 1 N–H and O–H groups in total. The number of alkyl carbamates (subject to hydrolysis) is 1. The van der Waals surface area contributed by atoms with Gasteiger partial charge in [-0.3, -0.25) is 4.79 Å². The minimum Gasteiger partial charge on any atom is -0.484 e. The van der Waals surface area contributed by atoms with Gasteiger partial charge in [0.1, 0.15) is 17.1 Å². The monoisotopic (exact) mass is 629 g/mol. The number of ether oxygens (including phenoxy) is 2. The summed E-state index contributed by atoms with van der Waals surface area (Å²) in [6, 6.07) is 10.3. The maximum absolute atomic E-state index is 13.9. The molecule has 0 unspecified atom stereocenters. The predicted octanol–water partition coefficient (Wildman–Crippen LogP) is 4.64. The number of benzene rings is 2. The molecule has 3 aliphatic rings. The van der Waals surface area contributed by atoms with Crippen LogP contribution >= 0.6 is 11.6 Å². The highest BCUT2D eigenvalue weighted by Gasteiger charge is 2.57. The molecule has 15 heteroatoms. The SMILES string of the molecule is N#CC1(NC(=O)O[C@H]2C[C@@H](S(=O)(=O)c3ccc(OCC(F)(F)F)cc3Cl)CN2C(=O)C2(c3ccc(F)cc3)CC2)CC1. The number of hydrogen-bond donors (Lipinski definition) is 1. The molecule has 9 nitrogen and oxygen atoms in total. The van der Waals surface area contributed by atoms with Gasteiger partial charge in [-0.1, -0.05) is 23.7 Å². The van der Waals surface area contributed by atoms with Crippen LogP contribution < -0.4 is 10.1 Å². The molecule has 0 bridgehead atoms. The summed E-state index contributed by atoms with van der Waals surface area (Å²) in [5.74, 6) is -1.29. The lowest BCUT2D eigenvalue weighted by atomic mass is 9.94. The van der Waals surface area contributed by atoms with Crippen molar-refractivity contribution in [3.63, 3.8) is 0 Å². The van der Waals surface area contributed by atoms with Gasteiger partial charge in [0.2, 0.25) is 5.91 Å². The molecule has 2 aliphatic carbocycles. The van der Waals surface area contributed by atoms with E-state index in [1.165, 1.54) is 24.3 Å². The van der Waals surface area contributed by atoms with Crippen molar-refractivity contribution >= 4 is 33.4 Å². The Morgan fingerprint density at radius 3 is 2.33 bits per heavy atom. The highest BCUT2D eigenvalue weighted by Crippen LogP contribution is 2.51. The summed E-state index contributed by atoms with van der Waals surface area (Å²) < 4.78 is 88.5. The second-order valence-electron chi connectivity index (χ2n) is 10.6. The van der Waals surface area contributed by atoms with E-state index in [0.717, 1.165) is 23.1 Å². The molecular weight excluding hydrogens is 606 g/mol. The van der Waals surface area contributed by atoms with Crippen molar-refractivity contribution in [1.29, 1.82) is 5.26 Å². The Balaban J connectivity index is 1.40. The van der Waals surface area contributed by atoms with Crippen LogP contribution in [0.3, 0.4) is 0 Å². The largest absolute Gasteiger partial charge is 0.484 e. The van der Waals surface area contributed by atoms with Gasteiger partial charge in [-0.15, -0.1) is 0 Å². The van der Waals surface area contributed by atoms with E-state index in [1.807, 2.05) is 6.07 Å². The van der Waals surface area contributed by atoms with Crippen LogP contribution in [0.15, 0.2) is 47.4 Å². The van der Waals surface area contributed by atoms with E-state index in [0.29, 0.717) is 31.2 Å². The lowest BCUT2D eigenvalue weighted by Gasteiger charge is -2.29. The predicted molar refractivity (Wildman–Crippen MR) is 139 cm³/mol. The Morgan fingerprint density at radius 1 is 1.12 bits per heavy atom. The van der Waals surface area contributed by atoms with Gasteiger partial charge in [0.25, 0.3) is 0 Å². The average molecular weight is 630 g/mol. The van der Waals surface area contributed by atoms with Crippen LogP contribution in [0.2, 0.25) is 5.02 Å². The van der Waals surface area contributed by atoms with E-state index in [2.05, 4.69) is 10.1 Å². The fourth-order valence-corrected chi connectivity index (χ4v) is 7.21. The minimum atomic E-state index is -4.61. The van der Waals surface area contributed by atoms with Crippen LogP contribution in [0.1, 0.15) is 37.7 Å². The first-order valence-electron chi connectivity index (χ1n) is 12.9. The Hall–Kier alpha value is -3.57. The summed E-state index contributed by atoms with van der Waals surface area (Å²) >= 11 is 6.16. The van der Waals surface area contributed by atoms with E-state index in [-0.39, 0.29) is 23.7 Å². The number of likely N-dealkylation sites (tertiary alicyclic amines) is 1. The van der Waals surface area contributed by atoms with Gasteiger partial charge in [0, 0.05) is 19.0 Å². The zero-order valence-electron chi connectivity index (χ0n) is 21.8. The first-order chi connectivity index (χ1) is 19.7. The maximum Gasteiger partial charge on any atom is 0.422 e. The summed E-state index contributed by atoms with van der Waals surface area (Å²) in [6.45, 7) is -1.98. The zero-order chi connectivity index (χ0) is 30.5. The molecule has 0 aromatic heterocycles. The van der Waals surface area contributed by atoms with E-state index in [9.17, 15) is 40.8 Å². The number of rotatable bonds is 8. The number of carbonyl (C=O) groups is 2. The molecule has 42 heavy (non-hydrogen) atoms. The number of nitriles is 1. The van der Waals surface area contributed by atoms with E-state index < -0.39 is 67.8 Å². The van der Waals surface area contributed by atoms with Crippen molar-refractivity contribution in [2.75, 3.05) is 13.2 Å². The fourth-order valence-electron chi connectivity index (χ4n) is 4.99. The lowest BCUT2D eigenvalue weighted by Crippen LogP contribution is -2.46.